The molecule has 0 saturated carbocycles. The van der Waals surface area contributed by atoms with Crippen LogP contribution >= 0.6 is 0 Å². The van der Waals surface area contributed by atoms with E-state index in [1.807, 2.05) is 18.2 Å². The van der Waals surface area contributed by atoms with E-state index in [9.17, 15) is 8.78 Å². The van der Waals surface area contributed by atoms with Crippen molar-refractivity contribution < 1.29 is 18.7 Å². The number of carboxylic acid groups (broad SMARTS) is 1. The summed E-state index contributed by atoms with van der Waals surface area (Å²) >= 11 is 0. The zero-order valence-electron chi connectivity index (χ0n) is 7.08. The molecule has 0 aromatic heterocycles. The molecule has 1 rings (SSSR count). The van der Waals surface area contributed by atoms with Crippen molar-refractivity contribution in [1.82, 2.24) is 0 Å². The SMILES string of the molecule is Cc1ccccc1.O=C(O)C(F)F. The van der Waals surface area contributed by atoms with Crippen LogP contribution in [0.5, 0.6) is 0 Å². The maximum Gasteiger partial charge on any atom is 0.371 e. The maximum atomic E-state index is 10.6. The molecule has 0 unspecified atom stereocenters. The molecule has 0 atom stereocenters. The molecule has 0 spiro atoms. The van der Waals surface area contributed by atoms with E-state index in [4.69, 9.17) is 9.90 Å². The number of carbonyl (C=O) groups is 1. The predicted octanol–water partition coefficient (Wildman–Crippen LogP) is 2.33. The highest BCUT2D eigenvalue weighted by molar-refractivity contribution is 5.70. The number of aliphatic carboxylic acids is 1. The van der Waals surface area contributed by atoms with E-state index in [2.05, 4.69) is 19.1 Å². The second kappa shape index (κ2) is 6.11. The second-order valence-electron chi connectivity index (χ2n) is 2.29. The number of alkyl halides is 2. The number of benzene rings is 1. The van der Waals surface area contributed by atoms with Crippen LogP contribution in [0, 0.1) is 6.92 Å². The lowest BCUT2D eigenvalue weighted by atomic mass is 10.2. The average molecular weight is 188 g/mol. The first-order valence-electron chi connectivity index (χ1n) is 3.56. The van der Waals surface area contributed by atoms with Crippen LogP contribution in [0.2, 0.25) is 0 Å². The summed E-state index contributed by atoms with van der Waals surface area (Å²) in [5.74, 6) is -2.07. The van der Waals surface area contributed by atoms with Gasteiger partial charge in [-0.3, -0.25) is 0 Å². The van der Waals surface area contributed by atoms with E-state index in [1.165, 1.54) is 5.56 Å². The fraction of sp³-hybridized carbons (Fsp3) is 0.222. The average Bonchev–Trinajstić information content (AvgIpc) is 2.06. The molecule has 1 aromatic carbocycles. The number of hydrogen-bond acceptors (Lipinski definition) is 1. The minimum Gasteiger partial charge on any atom is -0.477 e. The number of aryl methyl sites for hydroxylation is 1. The van der Waals surface area contributed by atoms with Gasteiger partial charge in [-0.05, 0) is 6.92 Å². The van der Waals surface area contributed by atoms with E-state index in [0.29, 0.717) is 0 Å². The quantitative estimate of drug-likeness (QED) is 0.734. The number of rotatable bonds is 1. The zero-order chi connectivity index (χ0) is 10.3. The summed E-state index contributed by atoms with van der Waals surface area (Å²) in [6.45, 7) is 2.08. The van der Waals surface area contributed by atoms with Crippen LogP contribution in [0.4, 0.5) is 8.78 Å². The summed E-state index contributed by atoms with van der Waals surface area (Å²) in [6, 6.07) is 10.3. The van der Waals surface area contributed by atoms with Gasteiger partial charge in [0.05, 0.1) is 0 Å². The Kier molecular flexibility index (Phi) is 5.43. The van der Waals surface area contributed by atoms with Gasteiger partial charge in [-0.1, -0.05) is 35.9 Å². The summed E-state index contributed by atoms with van der Waals surface area (Å²) in [7, 11) is 0. The smallest absolute Gasteiger partial charge is 0.371 e. The van der Waals surface area contributed by atoms with Crippen molar-refractivity contribution >= 4 is 5.97 Å². The fourth-order valence-electron chi connectivity index (χ4n) is 0.534. The van der Waals surface area contributed by atoms with Gasteiger partial charge in [0, 0.05) is 0 Å². The van der Waals surface area contributed by atoms with Crippen molar-refractivity contribution in [1.29, 1.82) is 0 Å². The third-order valence-electron chi connectivity index (χ3n) is 1.13. The first-order valence-corrected chi connectivity index (χ1v) is 3.56. The van der Waals surface area contributed by atoms with Crippen molar-refractivity contribution in [3.8, 4) is 0 Å². The minimum atomic E-state index is -3.23. The Morgan fingerprint density at radius 3 is 1.85 bits per heavy atom. The first kappa shape index (κ1) is 11.6. The maximum absolute atomic E-state index is 10.6. The number of carboxylic acids is 1. The summed E-state index contributed by atoms with van der Waals surface area (Å²) in [5, 5.41) is 7.24. The Morgan fingerprint density at radius 2 is 1.69 bits per heavy atom. The van der Waals surface area contributed by atoms with Crippen molar-refractivity contribution in [3.63, 3.8) is 0 Å². The van der Waals surface area contributed by atoms with Crippen LogP contribution in [0.1, 0.15) is 5.56 Å². The molecule has 4 heteroatoms. The van der Waals surface area contributed by atoms with Crippen molar-refractivity contribution in [2.75, 3.05) is 0 Å². The number of hydrogen-bond donors (Lipinski definition) is 1. The molecule has 0 aliphatic carbocycles. The van der Waals surface area contributed by atoms with E-state index in [0.717, 1.165) is 0 Å². The van der Waals surface area contributed by atoms with E-state index in [-0.39, 0.29) is 0 Å². The summed E-state index contributed by atoms with van der Waals surface area (Å²) in [5.41, 5.74) is 1.32. The van der Waals surface area contributed by atoms with Gasteiger partial charge in [-0.15, -0.1) is 0 Å². The van der Waals surface area contributed by atoms with E-state index >= 15 is 0 Å². The Morgan fingerprint density at radius 1 is 1.31 bits per heavy atom. The Bertz CT molecular complexity index is 247. The van der Waals surface area contributed by atoms with Crippen LogP contribution < -0.4 is 0 Å². The molecule has 0 saturated heterocycles. The van der Waals surface area contributed by atoms with Gasteiger partial charge in [0.2, 0.25) is 0 Å². The molecule has 13 heavy (non-hydrogen) atoms. The summed E-state index contributed by atoms with van der Waals surface area (Å²) < 4.78 is 21.1. The summed E-state index contributed by atoms with van der Waals surface area (Å²) in [6.07, 6.45) is -3.23. The Balaban J connectivity index is 0.000000226. The normalized spacial score (nSPS) is 8.92. The molecular formula is C9H10F2O2. The van der Waals surface area contributed by atoms with E-state index < -0.39 is 12.4 Å². The molecule has 0 fully saturated rings. The number of halogens is 2. The van der Waals surface area contributed by atoms with Crippen LogP contribution in [0.15, 0.2) is 30.3 Å². The largest absolute Gasteiger partial charge is 0.477 e. The van der Waals surface area contributed by atoms with Gasteiger partial charge < -0.3 is 5.11 Å². The van der Waals surface area contributed by atoms with Gasteiger partial charge >= 0.3 is 12.4 Å². The van der Waals surface area contributed by atoms with Crippen LogP contribution in [-0.2, 0) is 4.79 Å². The van der Waals surface area contributed by atoms with Gasteiger partial charge in [-0.25, -0.2) is 4.79 Å². The lowest BCUT2D eigenvalue weighted by Crippen LogP contribution is -2.06. The van der Waals surface area contributed by atoms with Crippen molar-refractivity contribution in [2.45, 2.75) is 13.3 Å². The Labute approximate surface area is 74.8 Å². The molecular weight excluding hydrogens is 178 g/mol. The molecule has 0 radical (unpaired) electrons. The zero-order valence-corrected chi connectivity index (χ0v) is 7.08. The monoisotopic (exact) mass is 188 g/mol. The molecule has 1 aromatic rings. The van der Waals surface area contributed by atoms with E-state index in [1.54, 1.807) is 0 Å². The van der Waals surface area contributed by atoms with Crippen LogP contribution in [0.3, 0.4) is 0 Å². The highest BCUT2D eigenvalue weighted by Crippen LogP contribution is 1.92. The summed E-state index contributed by atoms with van der Waals surface area (Å²) in [4.78, 5) is 8.95. The van der Waals surface area contributed by atoms with Gasteiger partial charge in [-0.2, -0.15) is 8.78 Å². The lowest BCUT2D eigenvalue weighted by Gasteiger charge is -1.82. The van der Waals surface area contributed by atoms with Gasteiger partial charge in [0.15, 0.2) is 0 Å². The molecule has 1 N–H and O–H groups in total. The molecule has 72 valence electrons. The third kappa shape index (κ3) is 6.93. The van der Waals surface area contributed by atoms with Gasteiger partial charge in [0.25, 0.3) is 0 Å². The van der Waals surface area contributed by atoms with Crippen molar-refractivity contribution in [2.24, 2.45) is 0 Å². The topological polar surface area (TPSA) is 37.3 Å². The minimum absolute atomic E-state index is 1.32. The van der Waals surface area contributed by atoms with Crippen molar-refractivity contribution in [3.05, 3.63) is 35.9 Å². The molecule has 2 nitrogen and oxygen atoms in total. The standard InChI is InChI=1S/C7H8.C2H2F2O2/c1-7-5-3-2-4-6-7;3-1(4)2(5)6/h2-6H,1H3;1H,(H,5,6). The first-order chi connectivity index (χ1) is 6.04. The van der Waals surface area contributed by atoms with Crippen LogP contribution in [-0.4, -0.2) is 17.5 Å². The van der Waals surface area contributed by atoms with Gasteiger partial charge in [0.1, 0.15) is 0 Å². The van der Waals surface area contributed by atoms with Crippen LogP contribution in [0.25, 0.3) is 0 Å². The molecule has 0 aliphatic heterocycles. The third-order valence-corrected chi connectivity index (χ3v) is 1.13. The Hall–Kier alpha value is -1.45. The highest BCUT2D eigenvalue weighted by Gasteiger charge is 2.10. The molecule has 0 bridgehead atoms. The highest BCUT2D eigenvalue weighted by atomic mass is 19.3. The molecule has 0 amide bonds. The fourth-order valence-corrected chi connectivity index (χ4v) is 0.534. The second-order valence-corrected chi connectivity index (χ2v) is 2.29. The molecule has 0 heterocycles. The molecule has 0 aliphatic rings. The lowest BCUT2D eigenvalue weighted by molar-refractivity contribution is -0.149. The predicted molar refractivity (Wildman–Crippen MR) is 44.8 cm³/mol.